The summed E-state index contributed by atoms with van der Waals surface area (Å²) in [5.41, 5.74) is 4.65. The first-order chi connectivity index (χ1) is 14.9. The molecule has 0 bridgehead atoms. The molecular formula is C24H19Cl2N3O2. The Morgan fingerprint density at radius 3 is 2.61 bits per heavy atom. The van der Waals surface area contributed by atoms with Gasteiger partial charge in [-0.15, -0.1) is 0 Å². The Bertz CT molecular complexity index is 1240. The minimum atomic E-state index is -0.896. The van der Waals surface area contributed by atoms with Gasteiger partial charge in [0.2, 0.25) is 0 Å². The van der Waals surface area contributed by atoms with Crippen molar-refractivity contribution in [1.29, 1.82) is 0 Å². The van der Waals surface area contributed by atoms with Gasteiger partial charge in [0, 0.05) is 29.4 Å². The number of carbonyl (C=O) groups is 1. The van der Waals surface area contributed by atoms with Crippen LogP contribution in [0.5, 0.6) is 0 Å². The number of aliphatic carboxylic acids is 1. The standard InChI is InChI=1S/C24H19Cl2N3O2/c1-15-4-2-5-16(10-15)20(24(30)31)12-19-13-23(17-6-3-9-27-14-17)29(28-19)22-8-7-18(25)11-21(22)26/h2-11,13-14,20H,12H2,1H3,(H,30,31). The fourth-order valence-electron chi connectivity index (χ4n) is 3.53. The van der Waals surface area contributed by atoms with Crippen molar-refractivity contribution in [1.82, 2.24) is 14.8 Å². The van der Waals surface area contributed by atoms with E-state index < -0.39 is 11.9 Å². The molecule has 1 unspecified atom stereocenters. The van der Waals surface area contributed by atoms with E-state index in [9.17, 15) is 9.90 Å². The van der Waals surface area contributed by atoms with Gasteiger partial charge in [-0.1, -0.05) is 53.0 Å². The molecule has 0 aliphatic carbocycles. The van der Waals surface area contributed by atoms with Gasteiger partial charge >= 0.3 is 5.97 Å². The van der Waals surface area contributed by atoms with Crippen LogP contribution in [0.4, 0.5) is 0 Å². The Balaban J connectivity index is 1.80. The highest BCUT2D eigenvalue weighted by molar-refractivity contribution is 6.35. The molecule has 156 valence electrons. The van der Waals surface area contributed by atoms with Crippen molar-refractivity contribution in [2.75, 3.05) is 0 Å². The monoisotopic (exact) mass is 451 g/mol. The Morgan fingerprint density at radius 1 is 1.10 bits per heavy atom. The zero-order valence-corrected chi connectivity index (χ0v) is 18.2. The van der Waals surface area contributed by atoms with E-state index in [0.29, 0.717) is 21.4 Å². The molecule has 7 heteroatoms. The molecular weight excluding hydrogens is 433 g/mol. The van der Waals surface area contributed by atoms with Crippen LogP contribution in [0.1, 0.15) is 22.7 Å². The topological polar surface area (TPSA) is 68.0 Å². The zero-order valence-electron chi connectivity index (χ0n) is 16.7. The van der Waals surface area contributed by atoms with Crippen molar-refractivity contribution in [2.45, 2.75) is 19.3 Å². The highest BCUT2D eigenvalue weighted by atomic mass is 35.5. The van der Waals surface area contributed by atoms with Gasteiger partial charge in [-0.05, 0) is 48.9 Å². The predicted octanol–water partition coefficient (Wildman–Crippen LogP) is 5.96. The SMILES string of the molecule is Cc1cccc(C(Cc2cc(-c3cccnc3)n(-c3ccc(Cl)cc3Cl)n2)C(=O)O)c1. The lowest BCUT2D eigenvalue weighted by atomic mass is 9.93. The van der Waals surface area contributed by atoms with Gasteiger partial charge < -0.3 is 5.11 Å². The van der Waals surface area contributed by atoms with Crippen LogP contribution in [0.15, 0.2) is 73.1 Å². The summed E-state index contributed by atoms with van der Waals surface area (Å²) in [5, 5.41) is 15.6. The third-order valence-corrected chi connectivity index (χ3v) is 5.55. The quantitative estimate of drug-likeness (QED) is 0.392. The average molecular weight is 452 g/mol. The van der Waals surface area contributed by atoms with E-state index in [1.807, 2.05) is 49.4 Å². The first-order valence-corrected chi connectivity index (χ1v) is 10.4. The number of carboxylic acids is 1. The van der Waals surface area contributed by atoms with E-state index in [4.69, 9.17) is 28.3 Å². The lowest BCUT2D eigenvalue weighted by Gasteiger charge is -2.12. The third kappa shape index (κ3) is 4.63. The molecule has 5 nitrogen and oxygen atoms in total. The molecule has 0 radical (unpaired) electrons. The van der Waals surface area contributed by atoms with Crippen LogP contribution >= 0.6 is 23.2 Å². The number of aryl methyl sites for hydroxylation is 1. The first kappa shape index (κ1) is 21.1. The predicted molar refractivity (Wildman–Crippen MR) is 122 cm³/mol. The van der Waals surface area contributed by atoms with Gasteiger partial charge in [-0.2, -0.15) is 5.10 Å². The zero-order chi connectivity index (χ0) is 22.0. The molecule has 4 rings (SSSR count). The van der Waals surface area contributed by atoms with Gasteiger partial charge in [0.05, 0.1) is 28.0 Å². The number of benzene rings is 2. The highest BCUT2D eigenvalue weighted by Gasteiger charge is 2.23. The summed E-state index contributed by atoms with van der Waals surface area (Å²) < 4.78 is 1.71. The summed E-state index contributed by atoms with van der Waals surface area (Å²) in [6.07, 6.45) is 3.67. The molecule has 1 atom stereocenters. The molecule has 0 saturated heterocycles. The van der Waals surface area contributed by atoms with E-state index in [-0.39, 0.29) is 6.42 Å². The van der Waals surface area contributed by atoms with Gasteiger partial charge in [0.1, 0.15) is 0 Å². The average Bonchev–Trinajstić information content (AvgIpc) is 3.16. The largest absolute Gasteiger partial charge is 0.481 e. The summed E-state index contributed by atoms with van der Waals surface area (Å²) >= 11 is 12.5. The van der Waals surface area contributed by atoms with E-state index in [2.05, 4.69) is 4.98 Å². The molecule has 31 heavy (non-hydrogen) atoms. The van der Waals surface area contributed by atoms with Crippen molar-refractivity contribution >= 4 is 29.2 Å². The molecule has 0 aliphatic rings. The number of aromatic nitrogens is 3. The van der Waals surface area contributed by atoms with Crippen molar-refractivity contribution in [3.05, 3.63) is 99.9 Å². The molecule has 0 saturated carbocycles. The number of halogens is 2. The van der Waals surface area contributed by atoms with Gasteiger partial charge in [0.25, 0.3) is 0 Å². The van der Waals surface area contributed by atoms with Crippen LogP contribution in [-0.2, 0) is 11.2 Å². The third-order valence-electron chi connectivity index (χ3n) is 5.01. The second kappa shape index (κ2) is 8.92. The fourth-order valence-corrected chi connectivity index (χ4v) is 4.02. The molecule has 0 aliphatic heterocycles. The maximum absolute atomic E-state index is 12.1. The smallest absolute Gasteiger partial charge is 0.311 e. The number of pyridine rings is 1. The van der Waals surface area contributed by atoms with Gasteiger partial charge in [-0.25, -0.2) is 4.68 Å². The van der Waals surface area contributed by atoms with Crippen LogP contribution in [0.3, 0.4) is 0 Å². The Kier molecular flexibility index (Phi) is 6.07. The minimum Gasteiger partial charge on any atom is -0.481 e. The second-order valence-corrected chi connectivity index (χ2v) is 8.12. The summed E-state index contributed by atoms with van der Waals surface area (Å²) in [6.45, 7) is 1.94. The first-order valence-electron chi connectivity index (χ1n) is 9.66. The van der Waals surface area contributed by atoms with Gasteiger partial charge in [0.15, 0.2) is 0 Å². The number of hydrogen-bond donors (Lipinski definition) is 1. The molecule has 2 aromatic heterocycles. The van der Waals surface area contributed by atoms with Crippen molar-refractivity contribution in [3.63, 3.8) is 0 Å². The Hall–Kier alpha value is -3.15. The minimum absolute atomic E-state index is 0.240. The number of nitrogens with zero attached hydrogens (tertiary/aromatic N) is 3. The van der Waals surface area contributed by atoms with E-state index in [1.165, 1.54) is 0 Å². The van der Waals surface area contributed by atoms with Crippen molar-refractivity contribution in [3.8, 4) is 16.9 Å². The Morgan fingerprint density at radius 2 is 1.94 bits per heavy atom. The summed E-state index contributed by atoms with van der Waals surface area (Å²) in [5.74, 6) is -1.61. The fraction of sp³-hybridized carbons (Fsp3) is 0.125. The number of hydrogen-bond acceptors (Lipinski definition) is 3. The molecule has 0 fully saturated rings. The second-order valence-electron chi connectivity index (χ2n) is 7.28. The summed E-state index contributed by atoms with van der Waals surface area (Å²) in [6, 6.07) is 18.4. The maximum Gasteiger partial charge on any atom is 0.311 e. The van der Waals surface area contributed by atoms with Crippen LogP contribution < -0.4 is 0 Å². The van der Waals surface area contributed by atoms with Crippen LogP contribution in [0.2, 0.25) is 10.0 Å². The molecule has 0 amide bonds. The van der Waals surface area contributed by atoms with E-state index in [0.717, 1.165) is 22.4 Å². The van der Waals surface area contributed by atoms with Gasteiger partial charge in [-0.3, -0.25) is 9.78 Å². The lowest BCUT2D eigenvalue weighted by Crippen LogP contribution is -2.15. The maximum atomic E-state index is 12.1. The lowest BCUT2D eigenvalue weighted by molar-refractivity contribution is -0.138. The number of rotatable bonds is 6. The number of carboxylic acid groups (broad SMARTS) is 1. The molecule has 2 heterocycles. The summed E-state index contributed by atoms with van der Waals surface area (Å²) in [7, 11) is 0. The molecule has 2 aromatic carbocycles. The normalized spacial score (nSPS) is 12.0. The van der Waals surface area contributed by atoms with E-state index >= 15 is 0 Å². The van der Waals surface area contributed by atoms with Crippen molar-refractivity contribution < 1.29 is 9.90 Å². The van der Waals surface area contributed by atoms with Crippen LogP contribution in [-0.4, -0.2) is 25.8 Å². The van der Waals surface area contributed by atoms with Crippen molar-refractivity contribution in [2.24, 2.45) is 0 Å². The van der Waals surface area contributed by atoms with Crippen LogP contribution in [0, 0.1) is 6.92 Å². The molecule has 0 spiro atoms. The van der Waals surface area contributed by atoms with E-state index in [1.54, 1.807) is 35.3 Å². The summed E-state index contributed by atoms with van der Waals surface area (Å²) in [4.78, 5) is 16.3. The highest BCUT2D eigenvalue weighted by Crippen LogP contribution is 2.31. The molecule has 1 N–H and O–H groups in total. The molecule has 4 aromatic rings. The van der Waals surface area contributed by atoms with Crippen LogP contribution in [0.25, 0.3) is 16.9 Å². The Labute approximate surface area is 189 Å².